The fourth-order valence-corrected chi connectivity index (χ4v) is 9.22. The van der Waals surface area contributed by atoms with Crippen molar-refractivity contribution in [2.45, 2.75) is 12.8 Å². The summed E-state index contributed by atoms with van der Waals surface area (Å²) in [5, 5.41) is 9.73. The van der Waals surface area contributed by atoms with Crippen LogP contribution in [0.15, 0.2) is 176 Å². The van der Waals surface area contributed by atoms with Gasteiger partial charge in [-0.1, -0.05) is 121 Å². The van der Waals surface area contributed by atoms with Gasteiger partial charge >= 0.3 is 0 Å². The van der Waals surface area contributed by atoms with E-state index in [9.17, 15) is 0 Å². The van der Waals surface area contributed by atoms with E-state index in [1.807, 2.05) is 18.3 Å². The number of aromatic nitrogens is 5. The molecule has 5 heteroatoms. The molecule has 0 amide bonds. The van der Waals surface area contributed by atoms with Gasteiger partial charge in [0.25, 0.3) is 0 Å². The molecule has 7 aromatic carbocycles. The molecule has 4 aromatic heterocycles. The normalized spacial score (nSPS) is 13.2. The quantitative estimate of drug-likeness (QED) is 0.182. The van der Waals surface area contributed by atoms with Crippen molar-refractivity contribution in [3.8, 4) is 22.8 Å². The molecule has 11 aromatic rings. The summed E-state index contributed by atoms with van der Waals surface area (Å²) in [6.07, 6.45) is 10.5. The van der Waals surface area contributed by atoms with Crippen molar-refractivity contribution in [2.24, 2.45) is 0 Å². The number of hydrogen-bond donors (Lipinski definition) is 0. The molecule has 5 nitrogen and oxygen atoms in total. The fourth-order valence-electron chi connectivity index (χ4n) is 9.22. The van der Waals surface area contributed by atoms with Gasteiger partial charge in [0, 0.05) is 33.4 Å². The first kappa shape index (κ1) is 31.0. The lowest BCUT2D eigenvalue weighted by Gasteiger charge is -2.16. The first-order chi connectivity index (χ1) is 27.8. The summed E-state index contributed by atoms with van der Waals surface area (Å²) in [4.78, 5) is 15.4. The van der Waals surface area contributed by atoms with Gasteiger partial charge in [0.2, 0.25) is 5.95 Å². The zero-order valence-electron chi connectivity index (χ0n) is 30.4. The maximum atomic E-state index is 5.38. The van der Waals surface area contributed by atoms with Crippen molar-refractivity contribution < 1.29 is 0 Å². The monoisotopic (exact) mass is 715 g/mol. The summed E-state index contributed by atoms with van der Waals surface area (Å²) in [7, 11) is 0. The lowest BCUT2D eigenvalue weighted by molar-refractivity contribution is 0.991. The summed E-state index contributed by atoms with van der Waals surface area (Å²) >= 11 is 0. The van der Waals surface area contributed by atoms with Crippen LogP contribution in [0.2, 0.25) is 0 Å². The van der Waals surface area contributed by atoms with Crippen molar-refractivity contribution >= 4 is 81.8 Å². The molecular weight excluding hydrogens is 683 g/mol. The van der Waals surface area contributed by atoms with Crippen molar-refractivity contribution in [2.75, 3.05) is 0 Å². The summed E-state index contributed by atoms with van der Waals surface area (Å²) in [6.45, 7) is 0. The zero-order chi connectivity index (χ0) is 36.7. The number of allylic oxidation sites excluding steroid dienone is 4. The van der Waals surface area contributed by atoms with E-state index in [4.69, 9.17) is 15.0 Å². The Morgan fingerprint density at radius 1 is 0.464 bits per heavy atom. The van der Waals surface area contributed by atoms with Crippen molar-refractivity contribution in [1.29, 1.82) is 0 Å². The van der Waals surface area contributed by atoms with E-state index in [1.165, 1.54) is 65.3 Å². The molecule has 0 saturated heterocycles. The molecule has 1 aliphatic rings. The molecule has 0 spiro atoms. The number of fused-ring (bicyclic) bond motifs is 11. The minimum atomic E-state index is 0.636. The van der Waals surface area contributed by atoms with Gasteiger partial charge in [-0.05, 0) is 99.6 Å². The van der Waals surface area contributed by atoms with Gasteiger partial charge in [0.1, 0.15) is 11.2 Å². The standard InChI is InChI=1S/C51H33N5/c1-3-16-32(17-4-1)49-50-42(26-15-29-52-50)53-51(54-49)56-44-28-14-12-25-39(44)48-37-23-10-8-21-35(37)41(31-46(48)56)40-30-45-47(36-22-9-7-20-34(36)40)38-24-11-13-27-43(38)55(45)33-18-5-2-6-19-33/h2-3,5-31H,1,4H2. The van der Waals surface area contributed by atoms with Gasteiger partial charge in [-0.3, -0.25) is 9.55 Å². The Morgan fingerprint density at radius 3 is 1.68 bits per heavy atom. The molecule has 0 N–H and O–H groups in total. The molecule has 56 heavy (non-hydrogen) atoms. The van der Waals surface area contributed by atoms with Crippen LogP contribution in [0.1, 0.15) is 18.5 Å². The Morgan fingerprint density at radius 2 is 1.04 bits per heavy atom. The van der Waals surface area contributed by atoms with Gasteiger partial charge in [-0.15, -0.1) is 0 Å². The fraction of sp³-hybridized carbons (Fsp3) is 0.0392. The minimum absolute atomic E-state index is 0.636. The Bertz CT molecular complexity index is 3480. The van der Waals surface area contributed by atoms with Gasteiger partial charge in [-0.2, -0.15) is 0 Å². The van der Waals surface area contributed by atoms with Crippen molar-refractivity contribution in [3.05, 3.63) is 182 Å². The maximum Gasteiger partial charge on any atom is 0.235 e. The second-order valence-electron chi connectivity index (χ2n) is 14.7. The highest BCUT2D eigenvalue weighted by atomic mass is 15.2. The molecule has 262 valence electrons. The number of benzene rings is 7. The first-order valence-electron chi connectivity index (χ1n) is 19.3. The molecular formula is C51H33N5. The number of rotatable bonds is 4. The van der Waals surface area contributed by atoms with Crippen LogP contribution >= 0.6 is 0 Å². The average molecular weight is 716 g/mol. The maximum absolute atomic E-state index is 5.38. The smallest absolute Gasteiger partial charge is 0.235 e. The summed E-state index contributed by atoms with van der Waals surface area (Å²) in [5.74, 6) is 0.636. The van der Waals surface area contributed by atoms with E-state index in [1.54, 1.807) is 0 Å². The molecule has 0 bridgehead atoms. The van der Waals surface area contributed by atoms with E-state index in [-0.39, 0.29) is 0 Å². The highest BCUT2D eigenvalue weighted by Crippen LogP contribution is 2.46. The third kappa shape index (κ3) is 4.45. The highest BCUT2D eigenvalue weighted by molar-refractivity contribution is 6.28. The van der Waals surface area contributed by atoms with Crippen LogP contribution in [0, 0.1) is 0 Å². The zero-order valence-corrected chi connectivity index (χ0v) is 30.4. The predicted octanol–water partition coefficient (Wildman–Crippen LogP) is 12.9. The van der Waals surface area contributed by atoms with Crippen LogP contribution in [-0.4, -0.2) is 24.1 Å². The van der Waals surface area contributed by atoms with E-state index in [0.29, 0.717) is 5.95 Å². The van der Waals surface area contributed by atoms with Crippen LogP contribution in [0.3, 0.4) is 0 Å². The van der Waals surface area contributed by atoms with Crippen LogP contribution in [0.5, 0.6) is 0 Å². The van der Waals surface area contributed by atoms with E-state index < -0.39 is 0 Å². The second kappa shape index (κ2) is 12.1. The molecule has 0 radical (unpaired) electrons. The van der Waals surface area contributed by atoms with Crippen LogP contribution in [-0.2, 0) is 0 Å². The topological polar surface area (TPSA) is 48.5 Å². The molecule has 0 saturated carbocycles. The van der Waals surface area contributed by atoms with Gasteiger partial charge in [-0.25, -0.2) is 9.97 Å². The third-order valence-electron chi connectivity index (χ3n) is 11.6. The number of pyridine rings is 1. The van der Waals surface area contributed by atoms with E-state index in [0.717, 1.165) is 51.9 Å². The molecule has 12 rings (SSSR count). The summed E-state index contributed by atoms with van der Waals surface area (Å²) in [5.41, 5.74) is 11.6. The predicted molar refractivity (Wildman–Crippen MR) is 233 cm³/mol. The van der Waals surface area contributed by atoms with Crippen molar-refractivity contribution in [1.82, 2.24) is 24.1 Å². The molecule has 0 aliphatic heterocycles. The van der Waals surface area contributed by atoms with Gasteiger partial charge in [0.05, 0.1) is 27.6 Å². The molecule has 1 aliphatic carbocycles. The van der Waals surface area contributed by atoms with E-state index in [2.05, 4.69) is 167 Å². The Labute approximate surface area is 322 Å². The number of hydrogen-bond acceptors (Lipinski definition) is 3. The highest BCUT2D eigenvalue weighted by Gasteiger charge is 2.23. The van der Waals surface area contributed by atoms with Gasteiger partial charge < -0.3 is 4.57 Å². The van der Waals surface area contributed by atoms with Crippen LogP contribution in [0.4, 0.5) is 0 Å². The van der Waals surface area contributed by atoms with E-state index >= 15 is 0 Å². The average Bonchev–Trinajstić information content (AvgIpc) is 3.79. The first-order valence-corrected chi connectivity index (χ1v) is 19.3. The third-order valence-corrected chi connectivity index (χ3v) is 11.6. The lowest BCUT2D eigenvalue weighted by atomic mass is 9.90. The molecule has 0 unspecified atom stereocenters. The number of para-hydroxylation sites is 3. The molecule has 0 fully saturated rings. The summed E-state index contributed by atoms with van der Waals surface area (Å²) in [6, 6.07) is 54.8. The Hall–Kier alpha value is -7.37. The molecule has 4 heterocycles. The SMILES string of the molecule is C1=CC(c2nc(-n3c4ccccc4c4c5ccccc5c(-c5cc6c(c7ccccc57)c5ccccc5n6-c5ccccc5)cc43)nc3cccnc23)=CCC1. The summed E-state index contributed by atoms with van der Waals surface area (Å²) < 4.78 is 4.69. The van der Waals surface area contributed by atoms with Crippen LogP contribution in [0.25, 0.3) is 105 Å². The van der Waals surface area contributed by atoms with Crippen molar-refractivity contribution in [3.63, 3.8) is 0 Å². The Balaban J connectivity index is 1.23. The Kier molecular flexibility index (Phi) is 6.69. The lowest BCUT2D eigenvalue weighted by Crippen LogP contribution is -2.06. The largest absolute Gasteiger partial charge is 0.309 e. The number of nitrogens with zero attached hydrogens (tertiary/aromatic N) is 5. The minimum Gasteiger partial charge on any atom is -0.309 e. The van der Waals surface area contributed by atoms with Crippen LogP contribution < -0.4 is 0 Å². The molecule has 0 atom stereocenters. The van der Waals surface area contributed by atoms with Gasteiger partial charge in [0.15, 0.2) is 0 Å². The second-order valence-corrected chi connectivity index (χ2v) is 14.7.